The Kier molecular flexibility index (Phi) is 4.77. The van der Waals surface area contributed by atoms with Gasteiger partial charge in [-0.05, 0) is 48.6 Å². The van der Waals surface area contributed by atoms with Crippen LogP contribution in [0.25, 0.3) is 16.6 Å². The quantitative estimate of drug-likeness (QED) is 0.648. The lowest BCUT2D eigenvalue weighted by atomic mass is 9.81. The molecule has 3 aromatic rings. The van der Waals surface area contributed by atoms with Crippen LogP contribution in [0.2, 0.25) is 0 Å². The normalized spacial score (nSPS) is 11.7. The molecule has 0 aliphatic rings. The Hall–Kier alpha value is -2.75. The van der Waals surface area contributed by atoms with E-state index in [1.54, 1.807) is 0 Å². The van der Waals surface area contributed by atoms with Crippen LogP contribution in [0.15, 0.2) is 48.8 Å². The van der Waals surface area contributed by atoms with Gasteiger partial charge in [0.25, 0.3) is 0 Å². The van der Waals surface area contributed by atoms with Gasteiger partial charge >= 0.3 is 5.97 Å². The summed E-state index contributed by atoms with van der Waals surface area (Å²) in [7, 11) is 0. The number of aromatic carboxylic acids is 1. The number of pyridine rings is 1. The lowest BCUT2D eigenvalue weighted by Gasteiger charge is -2.25. The van der Waals surface area contributed by atoms with Crippen LogP contribution in [0, 0.1) is 0 Å². The Morgan fingerprint density at radius 3 is 2.58 bits per heavy atom. The fraction of sp³-hybridized carbons (Fsp3) is 0.318. The second-order valence-corrected chi connectivity index (χ2v) is 7.10. The average Bonchev–Trinajstić information content (AvgIpc) is 3.01. The summed E-state index contributed by atoms with van der Waals surface area (Å²) in [6, 6.07) is 11.7. The smallest absolute Gasteiger partial charge is 0.338 e. The Balaban J connectivity index is 2.31. The van der Waals surface area contributed by atoms with Gasteiger partial charge in [-0.1, -0.05) is 32.9 Å². The van der Waals surface area contributed by atoms with Crippen LogP contribution in [0.1, 0.15) is 50.0 Å². The van der Waals surface area contributed by atoms with E-state index in [1.807, 2.05) is 48.0 Å². The number of fused-ring (bicyclic) bond motifs is 1. The first kappa shape index (κ1) is 18.1. The van der Waals surface area contributed by atoms with Crippen LogP contribution in [0.5, 0.6) is 5.75 Å². The molecule has 0 bridgehead atoms. The first-order valence-electron chi connectivity index (χ1n) is 8.99. The minimum atomic E-state index is -0.934. The number of carbonyl (C=O) groups is 1. The highest BCUT2D eigenvalue weighted by Gasteiger charge is 2.24. The van der Waals surface area contributed by atoms with E-state index in [4.69, 9.17) is 4.74 Å². The van der Waals surface area contributed by atoms with E-state index < -0.39 is 5.97 Å². The van der Waals surface area contributed by atoms with Gasteiger partial charge in [-0.25, -0.2) is 4.79 Å². The summed E-state index contributed by atoms with van der Waals surface area (Å²) in [4.78, 5) is 12.0. The molecule has 136 valence electrons. The zero-order valence-electron chi connectivity index (χ0n) is 15.7. The van der Waals surface area contributed by atoms with E-state index in [2.05, 4.69) is 32.9 Å². The highest BCUT2D eigenvalue weighted by molar-refractivity contribution is 6.04. The van der Waals surface area contributed by atoms with Gasteiger partial charge < -0.3 is 14.2 Å². The summed E-state index contributed by atoms with van der Waals surface area (Å²) in [5, 5.41) is 9.86. The number of carboxylic acids is 1. The summed E-state index contributed by atoms with van der Waals surface area (Å²) < 4.78 is 7.67. The van der Waals surface area contributed by atoms with Gasteiger partial charge in [0.2, 0.25) is 0 Å². The third-order valence-electron chi connectivity index (χ3n) is 5.13. The molecule has 0 radical (unpaired) electrons. The molecule has 0 saturated heterocycles. The van der Waals surface area contributed by atoms with Crippen molar-refractivity contribution >= 4 is 11.5 Å². The van der Waals surface area contributed by atoms with E-state index in [9.17, 15) is 9.90 Å². The van der Waals surface area contributed by atoms with Crippen LogP contribution < -0.4 is 4.74 Å². The van der Waals surface area contributed by atoms with Crippen molar-refractivity contribution in [2.75, 3.05) is 6.61 Å². The molecule has 1 aromatic carbocycles. The maximum atomic E-state index is 12.0. The summed E-state index contributed by atoms with van der Waals surface area (Å²) in [6.07, 6.45) is 4.73. The first-order chi connectivity index (χ1) is 12.4. The summed E-state index contributed by atoms with van der Waals surface area (Å²) in [5.74, 6) is -0.224. The molecule has 2 aromatic heterocycles. The molecule has 1 N–H and O–H groups in total. The Labute approximate surface area is 154 Å². The van der Waals surface area contributed by atoms with E-state index in [0.29, 0.717) is 29.0 Å². The number of hydrogen-bond acceptors (Lipinski definition) is 2. The third kappa shape index (κ3) is 3.07. The molecule has 0 aliphatic carbocycles. The van der Waals surface area contributed by atoms with Crippen molar-refractivity contribution in [2.45, 2.75) is 39.5 Å². The molecule has 0 atom stereocenters. The van der Waals surface area contributed by atoms with Crippen LogP contribution in [0.3, 0.4) is 0 Å². The van der Waals surface area contributed by atoms with Crippen LogP contribution in [-0.4, -0.2) is 22.1 Å². The average molecular weight is 351 g/mol. The molecule has 0 aliphatic heterocycles. The third-order valence-corrected chi connectivity index (χ3v) is 5.13. The molecular weight excluding hydrogens is 326 g/mol. The largest absolute Gasteiger partial charge is 0.493 e. The number of aromatic nitrogens is 1. The van der Waals surface area contributed by atoms with E-state index in [1.165, 1.54) is 5.56 Å². The molecule has 0 spiro atoms. The predicted molar refractivity (Wildman–Crippen MR) is 104 cm³/mol. The summed E-state index contributed by atoms with van der Waals surface area (Å²) in [6.45, 7) is 9.01. The zero-order valence-corrected chi connectivity index (χ0v) is 15.7. The molecular formula is C22H25NO3. The summed E-state index contributed by atoms with van der Waals surface area (Å²) >= 11 is 0. The van der Waals surface area contributed by atoms with Crippen molar-refractivity contribution in [3.63, 3.8) is 0 Å². The van der Waals surface area contributed by atoms with Crippen LogP contribution in [-0.2, 0) is 5.41 Å². The lowest BCUT2D eigenvalue weighted by Crippen LogP contribution is -2.15. The molecule has 0 amide bonds. The molecule has 0 fully saturated rings. The number of nitrogens with zero attached hydrogens (tertiary/aromatic N) is 1. The van der Waals surface area contributed by atoms with Crippen molar-refractivity contribution in [1.29, 1.82) is 0 Å². The minimum absolute atomic E-state index is 0.00202. The molecule has 0 unspecified atom stereocenters. The Morgan fingerprint density at radius 1 is 1.15 bits per heavy atom. The van der Waals surface area contributed by atoms with Crippen molar-refractivity contribution in [1.82, 2.24) is 4.40 Å². The fourth-order valence-corrected chi connectivity index (χ4v) is 3.20. The van der Waals surface area contributed by atoms with Gasteiger partial charge in [-0.3, -0.25) is 0 Å². The second kappa shape index (κ2) is 6.87. The minimum Gasteiger partial charge on any atom is -0.493 e. The molecule has 4 heteroatoms. The number of hydrogen-bond donors (Lipinski definition) is 1. The van der Waals surface area contributed by atoms with Gasteiger partial charge in [-0.15, -0.1) is 0 Å². The highest BCUT2D eigenvalue weighted by atomic mass is 16.5. The van der Waals surface area contributed by atoms with Gasteiger partial charge in [0.15, 0.2) is 0 Å². The predicted octanol–water partition coefficient (Wildman–Crippen LogP) is 5.39. The highest BCUT2D eigenvalue weighted by Crippen LogP contribution is 2.39. The summed E-state index contributed by atoms with van der Waals surface area (Å²) in [5.41, 5.74) is 3.66. The zero-order chi connectivity index (χ0) is 18.9. The number of benzene rings is 1. The maximum Gasteiger partial charge on any atom is 0.338 e. The van der Waals surface area contributed by atoms with E-state index in [0.717, 1.165) is 12.0 Å². The van der Waals surface area contributed by atoms with Crippen molar-refractivity contribution in [2.24, 2.45) is 0 Å². The topological polar surface area (TPSA) is 50.9 Å². The van der Waals surface area contributed by atoms with E-state index >= 15 is 0 Å². The number of ether oxygens (including phenoxy) is 1. The monoisotopic (exact) mass is 351 g/mol. The standard InChI is InChI=1S/C22H25NO3/c1-5-22(3,4)15-10-11-19(26-6-2)16(13-15)17-14-23-12-8-7-9-18(23)20(17)21(24)25/h7-14H,5-6H2,1-4H3,(H,24,25). The first-order valence-corrected chi connectivity index (χ1v) is 8.99. The molecule has 26 heavy (non-hydrogen) atoms. The molecule has 0 saturated carbocycles. The van der Waals surface area contributed by atoms with Gasteiger partial charge in [0.05, 0.1) is 17.7 Å². The van der Waals surface area contributed by atoms with Crippen molar-refractivity contribution < 1.29 is 14.6 Å². The van der Waals surface area contributed by atoms with Gasteiger partial charge in [0.1, 0.15) is 5.75 Å². The SMILES string of the molecule is CCOc1ccc(C(C)(C)CC)cc1-c1cn2ccccc2c1C(=O)O. The maximum absolute atomic E-state index is 12.0. The van der Waals surface area contributed by atoms with Gasteiger partial charge in [-0.2, -0.15) is 0 Å². The molecule has 4 nitrogen and oxygen atoms in total. The number of rotatable bonds is 6. The molecule has 3 rings (SSSR count). The van der Waals surface area contributed by atoms with Gasteiger partial charge in [0, 0.05) is 23.5 Å². The van der Waals surface area contributed by atoms with Crippen LogP contribution >= 0.6 is 0 Å². The van der Waals surface area contributed by atoms with Crippen LogP contribution in [0.4, 0.5) is 0 Å². The Bertz CT molecular complexity index is 953. The fourth-order valence-electron chi connectivity index (χ4n) is 3.20. The van der Waals surface area contributed by atoms with E-state index in [-0.39, 0.29) is 5.41 Å². The second-order valence-electron chi connectivity index (χ2n) is 7.10. The lowest BCUT2D eigenvalue weighted by molar-refractivity contribution is 0.0700. The molecule has 2 heterocycles. The van der Waals surface area contributed by atoms with Crippen molar-refractivity contribution in [3.05, 3.63) is 59.9 Å². The number of carboxylic acid groups (broad SMARTS) is 1. The van der Waals surface area contributed by atoms with Crippen molar-refractivity contribution in [3.8, 4) is 16.9 Å². The Morgan fingerprint density at radius 2 is 1.92 bits per heavy atom.